The number of nitro groups is 1. The fourth-order valence-electron chi connectivity index (χ4n) is 2.50. The number of non-ortho nitro benzene ring substituents is 1. The fraction of sp³-hybridized carbons (Fsp3) is 0.500. The minimum absolute atomic E-state index is 0.0803. The number of hydrogen-bond acceptors (Lipinski definition) is 4. The maximum Gasteiger partial charge on any atom is 0.270 e. The Labute approximate surface area is 121 Å². The van der Waals surface area contributed by atoms with E-state index in [1.807, 2.05) is 0 Å². The Morgan fingerprint density at radius 2 is 2.19 bits per heavy atom. The van der Waals surface area contributed by atoms with E-state index < -0.39 is 16.6 Å². The number of aryl methyl sites for hydroxylation is 1. The van der Waals surface area contributed by atoms with E-state index in [1.165, 1.54) is 11.8 Å². The third-order valence-corrected chi connectivity index (χ3v) is 3.91. The molecule has 0 bridgehead atoms. The maximum atomic E-state index is 14.1. The van der Waals surface area contributed by atoms with Gasteiger partial charge in [0.2, 0.25) is 0 Å². The van der Waals surface area contributed by atoms with E-state index in [9.17, 15) is 19.3 Å². The molecular weight excluding hydrogens is 277 g/mol. The molecule has 1 unspecified atom stereocenters. The van der Waals surface area contributed by atoms with Crippen LogP contribution in [0.2, 0.25) is 0 Å². The van der Waals surface area contributed by atoms with Crippen LogP contribution < -0.4 is 5.73 Å². The Balaban J connectivity index is 2.35. The molecule has 2 rings (SSSR count). The molecule has 7 heteroatoms. The summed E-state index contributed by atoms with van der Waals surface area (Å²) in [5.74, 6) is -0.947. The van der Waals surface area contributed by atoms with Crippen LogP contribution in [0.25, 0.3) is 0 Å². The standard InChI is InChI=1S/C14H18FN3O3/c1-8-5-10(18(20)21)6-11(13(8)15)14(19)17(2)12(7-16)9-3-4-9/h5-6,9,12H,3-4,7,16H2,1-2H3. The molecule has 114 valence electrons. The van der Waals surface area contributed by atoms with Gasteiger partial charge in [-0.25, -0.2) is 4.39 Å². The Kier molecular flexibility index (Phi) is 4.22. The molecule has 0 aromatic heterocycles. The molecule has 0 saturated heterocycles. The number of halogens is 1. The molecule has 0 heterocycles. The van der Waals surface area contributed by atoms with E-state index in [-0.39, 0.29) is 22.9 Å². The van der Waals surface area contributed by atoms with Crippen LogP contribution in [0.3, 0.4) is 0 Å². The largest absolute Gasteiger partial charge is 0.337 e. The van der Waals surface area contributed by atoms with Crippen LogP contribution in [0.15, 0.2) is 12.1 Å². The van der Waals surface area contributed by atoms with Gasteiger partial charge in [-0.15, -0.1) is 0 Å². The van der Waals surface area contributed by atoms with Gasteiger partial charge >= 0.3 is 0 Å². The molecule has 21 heavy (non-hydrogen) atoms. The van der Waals surface area contributed by atoms with Crippen molar-refractivity contribution in [3.05, 3.63) is 39.2 Å². The zero-order valence-corrected chi connectivity index (χ0v) is 12.0. The highest BCUT2D eigenvalue weighted by Crippen LogP contribution is 2.35. The van der Waals surface area contributed by atoms with Crippen LogP contribution >= 0.6 is 0 Å². The summed E-state index contributed by atoms with van der Waals surface area (Å²) in [5.41, 5.74) is 5.20. The second kappa shape index (κ2) is 5.77. The van der Waals surface area contributed by atoms with Gasteiger partial charge in [-0.2, -0.15) is 0 Å². The van der Waals surface area contributed by atoms with Crippen molar-refractivity contribution in [3.63, 3.8) is 0 Å². The van der Waals surface area contributed by atoms with Crippen molar-refractivity contribution in [1.29, 1.82) is 0 Å². The highest BCUT2D eigenvalue weighted by Gasteiger charge is 2.36. The number of carbonyl (C=O) groups excluding carboxylic acids is 1. The quantitative estimate of drug-likeness (QED) is 0.663. The molecule has 1 saturated carbocycles. The van der Waals surface area contributed by atoms with Gasteiger partial charge in [0.1, 0.15) is 5.82 Å². The zero-order chi connectivity index (χ0) is 15.7. The Morgan fingerprint density at radius 3 is 2.67 bits per heavy atom. The third-order valence-electron chi connectivity index (χ3n) is 3.91. The second-order valence-electron chi connectivity index (χ2n) is 5.44. The predicted molar refractivity (Wildman–Crippen MR) is 75.5 cm³/mol. The highest BCUT2D eigenvalue weighted by molar-refractivity contribution is 5.95. The van der Waals surface area contributed by atoms with Crippen molar-refractivity contribution in [2.24, 2.45) is 11.7 Å². The van der Waals surface area contributed by atoms with Crippen molar-refractivity contribution in [2.75, 3.05) is 13.6 Å². The number of hydrogen-bond donors (Lipinski definition) is 1. The van der Waals surface area contributed by atoms with Gasteiger partial charge in [-0.1, -0.05) is 0 Å². The molecule has 1 fully saturated rings. The Hall–Kier alpha value is -2.02. The predicted octanol–water partition coefficient (Wildman–Crippen LogP) is 1.85. The average Bonchev–Trinajstić information content (AvgIpc) is 3.26. The first-order valence-corrected chi connectivity index (χ1v) is 6.78. The number of likely N-dealkylation sites (N-methyl/N-ethyl adjacent to an activating group) is 1. The molecular formula is C14H18FN3O3. The molecule has 1 atom stereocenters. The van der Waals surface area contributed by atoms with E-state index in [4.69, 9.17) is 5.73 Å². The molecule has 1 aromatic rings. The minimum atomic E-state index is -0.719. The Morgan fingerprint density at radius 1 is 1.57 bits per heavy atom. The second-order valence-corrected chi connectivity index (χ2v) is 5.44. The summed E-state index contributed by atoms with van der Waals surface area (Å²) >= 11 is 0. The molecule has 6 nitrogen and oxygen atoms in total. The average molecular weight is 295 g/mol. The van der Waals surface area contributed by atoms with Gasteiger partial charge in [0.15, 0.2) is 0 Å². The number of amides is 1. The number of rotatable bonds is 5. The van der Waals surface area contributed by atoms with Gasteiger partial charge in [-0.05, 0) is 31.2 Å². The highest BCUT2D eigenvalue weighted by atomic mass is 19.1. The monoisotopic (exact) mass is 295 g/mol. The third kappa shape index (κ3) is 3.02. The zero-order valence-electron chi connectivity index (χ0n) is 12.0. The molecule has 1 amide bonds. The van der Waals surface area contributed by atoms with E-state index in [0.29, 0.717) is 12.5 Å². The van der Waals surface area contributed by atoms with Crippen LogP contribution in [-0.4, -0.2) is 35.4 Å². The first-order valence-electron chi connectivity index (χ1n) is 6.78. The van der Waals surface area contributed by atoms with Crippen molar-refractivity contribution in [1.82, 2.24) is 4.90 Å². The number of benzene rings is 1. The van der Waals surface area contributed by atoms with Gasteiger partial charge in [-0.3, -0.25) is 14.9 Å². The molecule has 1 aromatic carbocycles. The number of nitrogens with two attached hydrogens (primary N) is 1. The smallest absolute Gasteiger partial charge is 0.270 e. The fourth-order valence-corrected chi connectivity index (χ4v) is 2.50. The lowest BCUT2D eigenvalue weighted by Gasteiger charge is -2.27. The van der Waals surface area contributed by atoms with E-state index >= 15 is 0 Å². The van der Waals surface area contributed by atoms with Crippen LogP contribution in [0.4, 0.5) is 10.1 Å². The summed E-state index contributed by atoms with van der Waals surface area (Å²) in [6.45, 7) is 1.70. The van der Waals surface area contributed by atoms with Gasteiger partial charge < -0.3 is 10.6 Å². The molecule has 0 spiro atoms. The molecule has 1 aliphatic rings. The maximum absolute atomic E-state index is 14.1. The first-order chi connectivity index (χ1) is 9.86. The SMILES string of the molecule is Cc1cc([N+](=O)[O-])cc(C(=O)N(C)C(CN)C2CC2)c1F. The van der Waals surface area contributed by atoms with Crippen LogP contribution in [0.5, 0.6) is 0 Å². The van der Waals surface area contributed by atoms with E-state index in [0.717, 1.165) is 25.0 Å². The summed E-state index contributed by atoms with van der Waals surface area (Å²) in [6.07, 6.45) is 1.99. The lowest BCUT2D eigenvalue weighted by Crippen LogP contribution is -2.43. The molecule has 0 radical (unpaired) electrons. The first kappa shape index (κ1) is 15.4. The number of nitro benzene ring substituents is 1. The normalized spacial score (nSPS) is 15.6. The summed E-state index contributed by atoms with van der Waals surface area (Å²) in [7, 11) is 1.56. The number of nitrogens with zero attached hydrogens (tertiary/aromatic N) is 2. The lowest BCUT2D eigenvalue weighted by atomic mass is 10.1. The molecule has 1 aliphatic carbocycles. The van der Waals surface area contributed by atoms with E-state index in [1.54, 1.807) is 7.05 Å². The van der Waals surface area contributed by atoms with Crippen molar-refractivity contribution < 1.29 is 14.1 Å². The number of carbonyl (C=O) groups is 1. The van der Waals surface area contributed by atoms with Crippen LogP contribution in [0.1, 0.15) is 28.8 Å². The van der Waals surface area contributed by atoms with E-state index in [2.05, 4.69) is 0 Å². The van der Waals surface area contributed by atoms with Gasteiger partial charge in [0, 0.05) is 31.8 Å². The van der Waals surface area contributed by atoms with Crippen LogP contribution in [0, 0.1) is 28.8 Å². The summed E-state index contributed by atoms with van der Waals surface area (Å²) < 4.78 is 14.1. The van der Waals surface area contributed by atoms with Crippen molar-refractivity contribution in [2.45, 2.75) is 25.8 Å². The van der Waals surface area contributed by atoms with Crippen molar-refractivity contribution in [3.8, 4) is 0 Å². The summed E-state index contributed by atoms with van der Waals surface area (Å²) in [6, 6.07) is 1.95. The molecule has 2 N–H and O–H groups in total. The van der Waals surface area contributed by atoms with Crippen LogP contribution in [-0.2, 0) is 0 Å². The summed E-state index contributed by atoms with van der Waals surface area (Å²) in [5, 5.41) is 10.9. The lowest BCUT2D eigenvalue weighted by molar-refractivity contribution is -0.385. The topological polar surface area (TPSA) is 89.5 Å². The van der Waals surface area contributed by atoms with Crippen molar-refractivity contribution >= 4 is 11.6 Å². The Bertz CT molecular complexity index is 587. The van der Waals surface area contributed by atoms with Gasteiger partial charge in [0.25, 0.3) is 11.6 Å². The molecule has 0 aliphatic heterocycles. The van der Waals surface area contributed by atoms with Gasteiger partial charge in [0.05, 0.1) is 10.5 Å². The summed E-state index contributed by atoms with van der Waals surface area (Å²) in [4.78, 5) is 24.1. The minimum Gasteiger partial charge on any atom is -0.337 e.